The molecule has 2 heterocycles. The van der Waals surface area contributed by atoms with E-state index in [1.165, 1.54) is 17.5 Å². The molecule has 0 unspecified atom stereocenters. The van der Waals surface area contributed by atoms with Crippen LogP contribution in [0.1, 0.15) is 46.0 Å². The second kappa shape index (κ2) is 6.20. The van der Waals surface area contributed by atoms with Crippen LogP contribution in [-0.4, -0.2) is 22.4 Å². The first-order chi connectivity index (χ1) is 12.1. The first kappa shape index (κ1) is 15.6. The van der Waals surface area contributed by atoms with Gasteiger partial charge in [0.25, 0.3) is 11.5 Å². The molecule has 6 heteroatoms. The Balaban J connectivity index is 1.58. The van der Waals surface area contributed by atoms with Crippen LogP contribution in [0.3, 0.4) is 0 Å². The van der Waals surface area contributed by atoms with Crippen molar-refractivity contribution in [1.29, 1.82) is 0 Å². The number of rotatable bonds is 3. The molecule has 1 aromatic carbocycles. The van der Waals surface area contributed by atoms with Crippen LogP contribution < -0.4 is 10.9 Å². The molecule has 1 aliphatic rings. The van der Waals surface area contributed by atoms with Crippen LogP contribution in [0.2, 0.25) is 0 Å². The highest BCUT2D eigenvalue weighted by Gasteiger charge is 2.24. The van der Waals surface area contributed by atoms with Crippen LogP contribution in [0.25, 0.3) is 11.1 Å². The summed E-state index contributed by atoms with van der Waals surface area (Å²) in [6, 6.07) is 8.39. The normalized spacial score (nSPS) is 16.6. The molecule has 0 aliphatic heterocycles. The van der Waals surface area contributed by atoms with E-state index in [4.69, 9.17) is 4.42 Å². The number of H-pyrrole nitrogens is 1. The minimum Gasteiger partial charge on any atom is -0.442 e. The molecule has 3 aromatic rings. The molecular formula is C19H19N3O3. The summed E-state index contributed by atoms with van der Waals surface area (Å²) in [6.45, 7) is 2.21. The van der Waals surface area contributed by atoms with Gasteiger partial charge in [-0.25, -0.2) is 4.98 Å². The van der Waals surface area contributed by atoms with E-state index in [0.29, 0.717) is 18.2 Å². The molecule has 25 heavy (non-hydrogen) atoms. The number of nitrogens with zero attached hydrogens (tertiary/aromatic N) is 1. The van der Waals surface area contributed by atoms with Gasteiger partial charge < -0.3 is 14.7 Å². The second-order valence-corrected chi connectivity index (χ2v) is 6.44. The zero-order valence-corrected chi connectivity index (χ0v) is 14.0. The Hall–Kier alpha value is -2.89. The highest BCUT2D eigenvalue weighted by molar-refractivity contribution is 6.06. The number of aromatic nitrogens is 2. The van der Waals surface area contributed by atoms with E-state index >= 15 is 0 Å². The molecule has 4 rings (SSSR count). The van der Waals surface area contributed by atoms with E-state index in [9.17, 15) is 9.59 Å². The molecule has 1 aliphatic carbocycles. The molecule has 1 amide bonds. The van der Waals surface area contributed by atoms with Crippen molar-refractivity contribution >= 4 is 17.0 Å². The van der Waals surface area contributed by atoms with Gasteiger partial charge >= 0.3 is 0 Å². The van der Waals surface area contributed by atoms with Crippen LogP contribution in [-0.2, 0) is 6.42 Å². The van der Waals surface area contributed by atoms with Crippen molar-refractivity contribution in [2.75, 3.05) is 6.54 Å². The average molecular weight is 337 g/mol. The molecule has 1 atom stereocenters. The molecule has 6 nitrogen and oxygen atoms in total. The fraction of sp³-hybridized carbons (Fsp3) is 0.316. The van der Waals surface area contributed by atoms with Gasteiger partial charge in [0.2, 0.25) is 5.71 Å². The number of amides is 1. The Morgan fingerprint density at radius 3 is 3.12 bits per heavy atom. The standard InChI is InChI=1S/C19H19N3O3/c1-11-15(16-18(24)21-10-22-19(16)25-11)17(23)20-9-13-7-4-6-12-5-2-3-8-14(12)13/h2-3,5,8,10,13H,4,6-7,9H2,1H3,(H,20,23)(H,21,22,24)/t13-/m1/s1. The van der Waals surface area contributed by atoms with Crippen molar-refractivity contribution in [2.45, 2.75) is 32.1 Å². The molecule has 0 bridgehead atoms. The summed E-state index contributed by atoms with van der Waals surface area (Å²) < 4.78 is 5.46. The molecule has 0 saturated heterocycles. The smallest absolute Gasteiger partial charge is 0.262 e. The quantitative estimate of drug-likeness (QED) is 0.769. The first-order valence-electron chi connectivity index (χ1n) is 8.48. The summed E-state index contributed by atoms with van der Waals surface area (Å²) in [5.74, 6) is 0.405. The number of aryl methyl sites for hydroxylation is 2. The zero-order chi connectivity index (χ0) is 17.4. The predicted octanol–water partition coefficient (Wildman–Crippen LogP) is 2.67. The van der Waals surface area contributed by atoms with Gasteiger partial charge in [0.1, 0.15) is 11.1 Å². The molecular weight excluding hydrogens is 318 g/mol. The molecule has 0 saturated carbocycles. The fourth-order valence-electron chi connectivity index (χ4n) is 3.70. The molecule has 0 fully saturated rings. The van der Waals surface area contributed by atoms with Gasteiger partial charge in [-0.05, 0) is 37.3 Å². The number of hydrogen-bond donors (Lipinski definition) is 2. The number of furan rings is 1. The lowest BCUT2D eigenvalue weighted by Gasteiger charge is -2.25. The Kier molecular flexibility index (Phi) is 3.87. The van der Waals surface area contributed by atoms with E-state index < -0.39 is 0 Å². The van der Waals surface area contributed by atoms with Gasteiger partial charge in [-0.2, -0.15) is 0 Å². The third kappa shape index (κ3) is 2.73. The van der Waals surface area contributed by atoms with Crippen LogP contribution >= 0.6 is 0 Å². The number of benzene rings is 1. The maximum absolute atomic E-state index is 12.7. The van der Waals surface area contributed by atoms with E-state index in [-0.39, 0.29) is 28.1 Å². The number of fused-ring (bicyclic) bond motifs is 2. The summed E-state index contributed by atoms with van der Waals surface area (Å²) in [7, 11) is 0. The Morgan fingerprint density at radius 2 is 2.24 bits per heavy atom. The van der Waals surface area contributed by atoms with E-state index in [1.807, 2.05) is 6.07 Å². The van der Waals surface area contributed by atoms with Crippen LogP contribution in [0.15, 0.2) is 39.8 Å². The number of nitrogens with one attached hydrogen (secondary N) is 2. The number of aromatic amines is 1. The highest BCUT2D eigenvalue weighted by atomic mass is 16.3. The topological polar surface area (TPSA) is 88.0 Å². The van der Waals surface area contributed by atoms with Crippen molar-refractivity contribution in [3.05, 3.63) is 63.4 Å². The molecule has 0 radical (unpaired) electrons. The third-order valence-corrected chi connectivity index (χ3v) is 4.90. The summed E-state index contributed by atoms with van der Waals surface area (Å²) in [6.07, 6.45) is 4.53. The SMILES string of the molecule is Cc1oc2nc[nH]c(=O)c2c1C(=O)NC[C@H]1CCCc2ccccc21. The van der Waals surface area contributed by atoms with Gasteiger partial charge in [-0.1, -0.05) is 24.3 Å². The summed E-state index contributed by atoms with van der Waals surface area (Å²) in [5, 5.41) is 3.19. The Labute approximate surface area is 144 Å². The minimum absolute atomic E-state index is 0.189. The highest BCUT2D eigenvalue weighted by Crippen LogP contribution is 2.31. The monoisotopic (exact) mass is 337 g/mol. The summed E-state index contributed by atoms with van der Waals surface area (Å²) in [5.41, 5.74) is 2.76. The largest absolute Gasteiger partial charge is 0.442 e. The lowest BCUT2D eigenvalue weighted by atomic mass is 9.83. The summed E-state index contributed by atoms with van der Waals surface area (Å²) in [4.78, 5) is 31.2. The zero-order valence-electron chi connectivity index (χ0n) is 14.0. The van der Waals surface area contributed by atoms with Crippen molar-refractivity contribution in [2.24, 2.45) is 0 Å². The van der Waals surface area contributed by atoms with E-state index in [2.05, 4.69) is 33.5 Å². The van der Waals surface area contributed by atoms with Gasteiger partial charge in [0, 0.05) is 12.5 Å². The molecule has 2 aromatic heterocycles. The van der Waals surface area contributed by atoms with Crippen LogP contribution in [0, 0.1) is 6.92 Å². The van der Waals surface area contributed by atoms with Gasteiger partial charge in [0.15, 0.2) is 0 Å². The van der Waals surface area contributed by atoms with Crippen molar-refractivity contribution in [1.82, 2.24) is 15.3 Å². The number of hydrogen-bond acceptors (Lipinski definition) is 4. The first-order valence-corrected chi connectivity index (χ1v) is 8.48. The number of carbonyl (C=O) groups is 1. The third-order valence-electron chi connectivity index (χ3n) is 4.90. The lowest BCUT2D eigenvalue weighted by molar-refractivity contribution is 0.0950. The average Bonchev–Trinajstić information content (AvgIpc) is 2.97. The lowest BCUT2D eigenvalue weighted by Crippen LogP contribution is -2.30. The maximum atomic E-state index is 12.7. The van der Waals surface area contributed by atoms with Crippen molar-refractivity contribution in [3.63, 3.8) is 0 Å². The fourth-order valence-corrected chi connectivity index (χ4v) is 3.70. The Morgan fingerprint density at radius 1 is 1.40 bits per heavy atom. The van der Waals surface area contributed by atoms with Crippen molar-refractivity contribution in [3.8, 4) is 0 Å². The van der Waals surface area contributed by atoms with Crippen LogP contribution in [0.5, 0.6) is 0 Å². The predicted molar refractivity (Wildman–Crippen MR) is 93.8 cm³/mol. The summed E-state index contributed by atoms with van der Waals surface area (Å²) >= 11 is 0. The maximum Gasteiger partial charge on any atom is 0.262 e. The van der Waals surface area contributed by atoms with Gasteiger partial charge in [0.05, 0.1) is 11.9 Å². The molecule has 0 spiro atoms. The second-order valence-electron chi connectivity index (χ2n) is 6.44. The molecule has 128 valence electrons. The minimum atomic E-state index is -0.366. The van der Waals surface area contributed by atoms with Gasteiger partial charge in [-0.15, -0.1) is 0 Å². The van der Waals surface area contributed by atoms with Gasteiger partial charge in [-0.3, -0.25) is 9.59 Å². The van der Waals surface area contributed by atoms with E-state index in [0.717, 1.165) is 19.3 Å². The Bertz CT molecular complexity index is 1000. The van der Waals surface area contributed by atoms with Crippen LogP contribution in [0.4, 0.5) is 0 Å². The number of carbonyl (C=O) groups excluding carboxylic acids is 1. The van der Waals surface area contributed by atoms with Crippen molar-refractivity contribution < 1.29 is 9.21 Å². The molecule has 2 N–H and O–H groups in total. The van der Waals surface area contributed by atoms with E-state index in [1.54, 1.807) is 6.92 Å².